The summed E-state index contributed by atoms with van der Waals surface area (Å²) in [5.41, 5.74) is 5.20. The number of rotatable bonds is 6. The second-order valence-corrected chi connectivity index (χ2v) is 6.19. The third-order valence-corrected chi connectivity index (χ3v) is 3.29. The van der Waals surface area contributed by atoms with Crippen LogP contribution in [0.2, 0.25) is 0 Å². The van der Waals surface area contributed by atoms with Gasteiger partial charge in [-0.25, -0.2) is 4.79 Å². The number of carbonyl (C=O) groups is 1. The van der Waals surface area contributed by atoms with Gasteiger partial charge < -0.3 is 20.7 Å². The summed E-state index contributed by atoms with van der Waals surface area (Å²) in [6, 6.07) is 0.645. The molecule has 1 saturated heterocycles. The average molecular weight is 271 g/mol. The number of nitrogens with two attached hydrogens (primary N) is 1. The van der Waals surface area contributed by atoms with E-state index in [1.807, 2.05) is 20.8 Å². The molecule has 1 aliphatic rings. The van der Waals surface area contributed by atoms with Gasteiger partial charge in [-0.3, -0.25) is 0 Å². The van der Waals surface area contributed by atoms with E-state index in [0.29, 0.717) is 12.6 Å². The van der Waals surface area contributed by atoms with Gasteiger partial charge in [-0.2, -0.15) is 0 Å². The third kappa shape index (κ3) is 6.78. The molecule has 1 unspecified atom stereocenters. The molecule has 3 N–H and O–H groups in total. The highest BCUT2D eigenvalue weighted by atomic mass is 16.6. The van der Waals surface area contributed by atoms with Crippen LogP contribution >= 0.6 is 0 Å². The van der Waals surface area contributed by atoms with Crippen molar-refractivity contribution in [1.82, 2.24) is 10.2 Å². The number of amides is 1. The normalized spacial score (nSPS) is 20.5. The van der Waals surface area contributed by atoms with Crippen molar-refractivity contribution in [3.8, 4) is 0 Å². The minimum atomic E-state index is -0.425. The van der Waals surface area contributed by atoms with Crippen molar-refractivity contribution in [2.75, 3.05) is 26.2 Å². The molecule has 0 radical (unpaired) electrons. The molecular weight excluding hydrogens is 242 g/mol. The summed E-state index contributed by atoms with van der Waals surface area (Å²) in [4.78, 5) is 13.9. The lowest BCUT2D eigenvalue weighted by Gasteiger charge is -2.24. The Morgan fingerprint density at radius 3 is 2.84 bits per heavy atom. The summed E-state index contributed by atoms with van der Waals surface area (Å²) in [7, 11) is 0. The molecule has 0 saturated carbocycles. The smallest absolute Gasteiger partial charge is 0.407 e. The zero-order chi connectivity index (χ0) is 14.3. The second-order valence-electron chi connectivity index (χ2n) is 6.19. The number of nitrogens with zero attached hydrogens (tertiary/aromatic N) is 1. The summed E-state index contributed by atoms with van der Waals surface area (Å²) in [5.74, 6) is 0. The van der Waals surface area contributed by atoms with Crippen molar-refractivity contribution >= 4 is 6.09 Å². The molecule has 1 amide bonds. The molecule has 1 aliphatic heterocycles. The van der Waals surface area contributed by atoms with Crippen LogP contribution in [0.4, 0.5) is 4.79 Å². The van der Waals surface area contributed by atoms with Crippen molar-refractivity contribution < 1.29 is 9.53 Å². The van der Waals surface area contributed by atoms with Gasteiger partial charge in [0.25, 0.3) is 0 Å². The predicted molar refractivity (Wildman–Crippen MR) is 77.1 cm³/mol. The molecule has 0 aromatic rings. The Morgan fingerprint density at radius 2 is 2.21 bits per heavy atom. The molecule has 0 aromatic heterocycles. The van der Waals surface area contributed by atoms with Gasteiger partial charge in [0, 0.05) is 19.1 Å². The van der Waals surface area contributed by atoms with E-state index in [1.165, 1.54) is 12.8 Å². The van der Waals surface area contributed by atoms with Gasteiger partial charge in [-0.1, -0.05) is 0 Å². The summed E-state index contributed by atoms with van der Waals surface area (Å²) in [6.07, 6.45) is 4.24. The van der Waals surface area contributed by atoms with E-state index in [2.05, 4.69) is 10.2 Å². The van der Waals surface area contributed by atoms with Crippen molar-refractivity contribution in [3.63, 3.8) is 0 Å². The zero-order valence-corrected chi connectivity index (χ0v) is 12.6. The van der Waals surface area contributed by atoms with Gasteiger partial charge in [-0.05, 0) is 59.5 Å². The molecule has 112 valence electrons. The van der Waals surface area contributed by atoms with Gasteiger partial charge in [-0.15, -0.1) is 0 Å². The summed E-state index contributed by atoms with van der Waals surface area (Å²) >= 11 is 0. The molecule has 1 heterocycles. The molecule has 1 atom stereocenters. The first-order valence-corrected chi connectivity index (χ1v) is 7.33. The van der Waals surface area contributed by atoms with Crippen LogP contribution in [0.1, 0.15) is 46.5 Å². The fourth-order valence-corrected chi connectivity index (χ4v) is 2.50. The van der Waals surface area contributed by atoms with E-state index in [1.54, 1.807) is 0 Å². The molecule has 5 heteroatoms. The fourth-order valence-electron chi connectivity index (χ4n) is 2.50. The van der Waals surface area contributed by atoms with Crippen molar-refractivity contribution in [2.24, 2.45) is 5.73 Å². The standard InChI is InChI=1S/C14H29N3O2/c1-14(2,3)19-13(18)16-9-5-11-17-10-4-6-12(17)7-8-15/h12H,4-11,15H2,1-3H3,(H,16,18). The Labute approximate surface area is 116 Å². The van der Waals surface area contributed by atoms with E-state index in [4.69, 9.17) is 10.5 Å². The van der Waals surface area contributed by atoms with E-state index in [0.717, 1.165) is 32.5 Å². The monoisotopic (exact) mass is 271 g/mol. The van der Waals surface area contributed by atoms with Crippen LogP contribution in [-0.4, -0.2) is 48.8 Å². The summed E-state index contributed by atoms with van der Waals surface area (Å²) in [5, 5.41) is 2.80. The highest BCUT2D eigenvalue weighted by Crippen LogP contribution is 2.19. The van der Waals surface area contributed by atoms with E-state index < -0.39 is 5.60 Å². The maximum atomic E-state index is 11.5. The number of nitrogens with one attached hydrogen (secondary N) is 1. The molecule has 0 spiro atoms. The van der Waals surface area contributed by atoms with Gasteiger partial charge in [0.2, 0.25) is 0 Å². The average Bonchev–Trinajstić information content (AvgIpc) is 2.70. The highest BCUT2D eigenvalue weighted by molar-refractivity contribution is 5.67. The van der Waals surface area contributed by atoms with Crippen LogP contribution in [0.3, 0.4) is 0 Å². The minimum absolute atomic E-state index is 0.326. The minimum Gasteiger partial charge on any atom is -0.444 e. The van der Waals surface area contributed by atoms with Gasteiger partial charge >= 0.3 is 6.09 Å². The van der Waals surface area contributed by atoms with Crippen molar-refractivity contribution in [2.45, 2.75) is 58.1 Å². The summed E-state index contributed by atoms with van der Waals surface area (Å²) < 4.78 is 5.19. The molecule has 0 bridgehead atoms. The van der Waals surface area contributed by atoms with Crippen LogP contribution in [0.5, 0.6) is 0 Å². The molecule has 5 nitrogen and oxygen atoms in total. The number of hydrogen-bond acceptors (Lipinski definition) is 4. The topological polar surface area (TPSA) is 67.6 Å². The lowest BCUT2D eigenvalue weighted by molar-refractivity contribution is 0.0525. The molecular formula is C14H29N3O2. The van der Waals surface area contributed by atoms with Gasteiger partial charge in [0.05, 0.1) is 0 Å². The lowest BCUT2D eigenvalue weighted by Crippen LogP contribution is -2.36. The van der Waals surface area contributed by atoms with Crippen LogP contribution in [0, 0.1) is 0 Å². The van der Waals surface area contributed by atoms with Crippen LogP contribution in [0.15, 0.2) is 0 Å². The Bertz CT molecular complexity index is 276. The van der Waals surface area contributed by atoms with Gasteiger partial charge in [0.15, 0.2) is 0 Å². The van der Waals surface area contributed by atoms with Crippen LogP contribution < -0.4 is 11.1 Å². The first-order valence-electron chi connectivity index (χ1n) is 7.33. The first kappa shape index (κ1) is 16.2. The number of likely N-dealkylation sites (tertiary alicyclic amines) is 1. The van der Waals surface area contributed by atoms with E-state index >= 15 is 0 Å². The molecule has 0 aromatic carbocycles. The highest BCUT2D eigenvalue weighted by Gasteiger charge is 2.23. The first-order chi connectivity index (χ1) is 8.92. The van der Waals surface area contributed by atoms with Gasteiger partial charge in [0.1, 0.15) is 5.60 Å². The van der Waals surface area contributed by atoms with Crippen LogP contribution in [-0.2, 0) is 4.74 Å². The Hall–Kier alpha value is -0.810. The van der Waals surface area contributed by atoms with Crippen molar-refractivity contribution in [1.29, 1.82) is 0 Å². The number of alkyl carbamates (subject to hydrolysis) is 1. The fraction of sp³-hybridized carbons (Fsp3) is 0.929. The van der Waals surface area contributed by atoms with E-state index in [-0.39, 0.29) is 6.09 Å². The zero-order valence-electron chi connectivity index (χ0n) is 12.6. The maximum absolute atomic E-state index is 11.5. The largest absolute Gasteiger partial charge is 0.444 e. The number of hydrogen-bond donors (Lipinski definition) is 2. The molecule has 0 aliphatic carbocycles. The molecule has 1 fully saturated rings. The Kier molecular flexibility index (Phi) is 6.58. The lowest BCUT2D eigenvalue weighted by atomic mass is 10.1. The predicted octanol–water partition coefficient (Wildman–Crippen LogP) is 1.71. The molecule has 1 rings (SSSR count). The Balaban J connectivity index is 2.12. The number of carbonyl (C=O) groups excluding carboxylic acids is 1. The van der Waals surface area contributed by atoms with Crippen molar-refractivity contribution in [3.05, 3.63) is 0 Å². The maximum Gasteiger partial charge on any atom is 0.407 e. The van der Waals surface area contributed by atoms with E-state index in [9.17, 15) is 4.79 Å². The third-order valence-electron chi connectivity index (χ3n) is 3.29. The summed E-state index contributed by atoms with van der Waals surface area (Å²) in [6.45, 7) is 9.23. The molecule has 19 heavy (non-hydrogen) atoms. The SMILES string of the molecule is CC(C)(C)OC(=O)NCCCN1CCCC1CCN. The quantitative estimate of drug-likeness (QED) is 0.722. The number of ether oxygens (including phenoxy) is 1. The Morgan fingerprint density at radius 1 is 1.47 bits per heavy atom. The van der Waals surface area contributed by atoms with Crippen LogP contribution in [0.25, 0.3) is 0 Å². The second kappa shape index (κ2) is 7.70.